The highest BCUT2D eigenvalue weighted by atomic mass is 79.9. The van der Waals surface area contributed by atoms with Crippen molar-refractivity contribution in [2.75, 3.05) is 13.1 Å². The molecule has 0 saturated carbocycles. The first-order valence-electron chi connectivity index (χ1n) is 7.51. The standard InChI is InChI=1S/C16H24BrN3O3/c1-10(2)15(18)16(22)20-9-14(21)19-8-11(3)23-13-6-4-5-12(17)7-13/h4-7,10-11,15H,8-9,18H2,1-3H3,(H,19,21)(H,20,22)/t11?,15-/m0/s1. The van der Waals surface area contributed by atoms with Crippen molar-refractivity contribution in [3.63, 3.8) is 0 Å². The number of halogens is 1. The molecule has 1 unspecified atom stereocenters. The third kappa shape index (κ3) is 7.47. The molecule has 2 amide bonds. The minimum Gasteiger partial charge on any atom is -0.489 e. The van der Waals surface area contributed by atoms with E-state index >= 15 is 0 Å². The summed E-state index contributed by atoms with van der Waals surface area (Å²) in [5.74, 6) is 0.140. The maximum atomic E-state index is 11.7. The van der Waals surface area contributed by atoms with Crippen LogP contribution < -0.4 is 21.1 Å². The smallest absolute Gasteiger partial charge is 0.239 e. The van der Waals surface area contributed by atoms with E-state index in [1.54, 1.807) is 0 Å². The summed E-state index contributed by atoms with van der Waals surface area (Å²) in [5, 5.41) is 5.23. The molecule has 1 aromatic carbocycles. The lowest BCUT2D eigenvalue weighted by Gasteiger charge is -2.17. The van der Waals surface area contributed by atoms with Gasteiger partial charge in [0.2, 0.25) is 11.8 Å². The molecule has 1 rings (SSSR count). The molecule has 4 N–H and O–H groups in total. The molecule has 2 atom stereocenters. The van der Waals surface area contributed by atoms with Crippen LogP contribution in [0.25, 0.3) is 0 Å². The molecule has 1 aromatic rings. The SMILES string of the molecule is CC(CNC(=O)CNC(=O)[C@@H](N)C(C)C)Oc1cccc(Br)c1. The van der Waals surface area contributed by atoms with Gasteiger partial charge in [0.1, 0.15) is 11.9 Å². The van der Waals surface area contributed by atoms with Gasteiger partial charge in [-0.25, -0.2) is 0 Å². The highest BCUT2D eigenvalue weighted by Crippen LogP contribution is 2.18. The number of hydrogen-bond donors (Lipinski definition) is 3. The van der Waals surface area contributed by atoms with Gasteiger partial charge in [-0.05, 0) is 31.0 Å². The Hall–Kier alpha value is -1.60. The Kier molecular flexibility index (Phi) is 8.05. The molecular weight excluding hydrogens is 362 g/mol. The van der Waals surface area contributed by atoms with E-state index in [1.807, 2.05) is 45.0 Å². The Morgan fingerprint density at radius 3 is 2.57 bits per heavy atom. The van der Waals surface area contributed by atoms with E-state index in [-0.39, 0.29) is 30.4 Å². The molecule has 0 aliphatic heterocycles. The fraction of sp³-hybridized carbons (Fsp3) is 0.500. The second-order valence-corrected chi connectivity index (χ2v) is 6.59. The molecule has 128 valence electrons. The van der Waals surface area contributed by atoms with E-state index in [0.717, 1.165) is 10.2 Å². The molecule has 0 bridgehead atoms. The molecule has 0 aliphatic rings. The number of nitrogens with two attached hydrogens (primary N) is 1. The van der Waals surface area contributed by atoms with Crippen LogP contribution in [0.15, 0.2) is 28.7 Å². The highest BCUT2D eigenvalue weighted by molar-refractivity contribution is 9.10. The van der Waals surface area contributed by atoms with Crippen molar-refractivity contribution in [1.82, 2.24) is 10.6 Å². The largest absolute Gasteiger partial charge is 0.489 e. The molecule has 7 heteroatoms. The Bertz CT molecular complexity index is 537. The van der Waals surface area contributed by atoms with Crippen molar-refractivity contribution < 1.29 is 14.3 Å². The van der Waals surface area contributed by atoms with Gasteiger partial charge in [0, 0.05) is 4.47 Å². The molecule has 0 aliphatic carbocycles. The average Bonchev–Trinajstić information content (AvgIpc) is 2.49. The summed E-state index contributed by atoms with van der Waals surface area (Å²) in [6.07, 6.45) is -0.193. The molecule has 23 heavy (non-hydrogen) atoms. The first-order chi connectivity index (χ1) is 10.8. The predicted octanol–water partition coefficient (Wildman–Crippen LogP) is 1.43. The van der Waals surface area contributed by atoms with Crippen LogP contribution in [0.2, 0.25) is 0 Å². The van der Waals surface area contributed by atoms with Crippen LogP contribution in [0.1, 0.15) is 20.8 Å². The maximum Gasteiger partial charge on any atom is 0.239 e. The van der Waals surface area contributed by atoms with Crippen molar-refractivity contribution >= 4 is 27.7 Å². The molecular formula is C16H24BrN3O3. The van der Waals surface area contributed by atoms with Crippen LogP contribution in [0.4, 0.5) is 0 Å². The van der Waals surface area contributed by atoms with Crippen molar-refractivity contribution in [2.45, 2.75) is 32.9 Å². The minimum absolute atomic E-state index is 0.0247. The summed E-state index contributed by atoms with van der Waals surface area (Å²) in [5.41, 5.74) is 5.70. The number of ether oxygens (including phenoxy) is 1. The zero-order valence-corrected chi connectivity index (χ0v) is 15.2. The summed E-state index contributed by atoms with van der Waals surface area (Å²) in [4.78, 5) is 23.4. The quantitative estimate of drug-likeness (QED) is 0.630. The van der Waals surface area contributed by atoms with Gasteiger partial charge >= 0.3 is 0 Å². The summed E-state index contributed by atoms with van der Waals surface area (Å²) < 4.78 is 6.62. The number of carbonyl (C=O) groups is 2. The summed E-state index contributed by atoms with van der Waals surface area (Å²) in [6, 6.07) is 6.87. The number of rotatable bonds is 8. The van der Waals surface area contributed by atoms with Crippen molar-refractivity contribution in [3.05, 3.63) is 28.7 Å². The van der Waals surface area contributed by atoms with Gasteiger partial charge in [-0.3, -0.25) is 9.59 Å². The number of nitrogens with one attached hydrogen (secondary N) is 2. The average molecular weight is 386 g/mol. The molecule has 0 saturated heterocycles. The van der Waals surface area contributed by atoms with Crippen LogP contribution in [0.3, 0.4) is 0 Å². The fourth-order valence-electron chi connectivity index (χ4n) is 1.72. The van der Waals surface area contributed by atoms with E-state index in [4.69, 9.17) is 10.5 Å². The lowest BCUT2D eigenvalue weighted by atomic mass is 10.1. The predicted molar refractivity (Wildman–Crippen MR) is 93.1 cm³/mol. The highest BCUT2D eigenvalue weighted by Gasteiger charge is 2.17. The van der Waals surface area contributed by atoms with E-state index in [1.165, 1.54) is 0 Å². The number of benzene rings is 1. The second kappa shape index (κ2) is 9.52. The van der Waals surface area contributed by atoms with E-state index in [2.05, 4.69) is 26.6 Å². The lowest BCUT2D eigenvalue weighted by Crippen LogP contribution is -2.47. The Labute approximate surface area is 145 Å². The first-order valence-corrected chi connectivity index (χ1v) is 8.31. The van der Waals surface area contributed by atoms with E-state index in [9.17, 15) is 9.59 Å². The van der Waals surface area contributed by atoms with Gasteiger partial charge in [-0.1, -0.05) is 35.8 Å². The summed E-state index contributed by atoms with van der Waals surface area (Å²) >= 11 is 3.37. The van der Waals surface area contributed by atoms with Crippen molar-refractivity contribution in [1.29, 1.82) is 0 Å². The zero-order valence-electron chi connectivity index (χ0n) is 13.6. The summed E-state index contributed by atoms with van der Waals surface area (Å²) in [7, 11) is 0. The van der Waals surface area contributed by atoms with Gasteiger partial charge in [-0.2, -0.15) is 0 Å². The van der Waals surface area contributed by atoms with Gasteiger partial charge in [0.25, 0.3) is 0 Å². The number of amides is 2. The molecule has 0 fully saturated rings. The first kappa shape index (κ1) is 19.4. The van der Waals surface area contributed by atoms with Gasteiger partial charge in [-0.15, -0.1) is 0 Å². The zero-order chi connectivity index (χ0) is 17.4. The van der Waals surface area contributed by atoms with Gasteiger partial charge < -0.3 is 21.1 Å². The monoisotopic (exact) mass is 385 g/mol. The molecule has 0 heterocycles. The third-order valence-corrected chi connectivity index (χ3v) is 3.66. The Balaban J connectivity index is 2.29. The van der Waals surface area contributed by atoms with Crippen molar-refractivity contribution in [3.8, 4) is 5.75 Å². The second-order valence-electron chi connectivity index (χ2n) is 5.68. The van der Waals surface area contributed by atoms with Crippen LogP contribution in [0.5, 0.6) is 5.75 Å². The third-order valence-electron chi connectivity index (χ3n) is 3.16. The van der Waals surface area contributed by atoms with Crippen LogP contribution in [-0.4, -0.2) is 37.0 Å². The van der Waals surface area contributed by atoms with E-state index < -0.39 is 6.04 Å². The Morgan fingerprint density at radius 2 is 1.96 bits per heavy atom. The number of hydrogen-bond acceptors (Lipinski definition) is 4. The van der Waals surface area contributed by atoms with Crippen molar-refractivity contribution in [2.24, 2.45) is 11.7 Å². The summed E-state index contributed by atoms with van der Waals surface area (Å²) in [6.45, 7) is 5.81. The van der Waals surface area contributed by atoms with Crippen LogP contribution >= 0.6 is 15.9 Å². The van der Waals surface area contributed by atoms with Crippen LogP contribution in [-0.2, 0) is 9.59 Å². The fourth-order valence-corrected chi connectivity index (χ4v) is 2.10. The minimum atomic E-state index is -0.610. The van der Waals surface area contributed by atoms with E-state index in [0.29, 0.717) is 6.54 Å². The Morgan fingerprint density at radius 1 is 1.26 bits per heavy atom. The maximum absolute atomic E-state index is 11.7. The molecule has 0 radical (unpaired) electrons. The molecule has 0 spiro atoms. The van der Waals surface area contributed by atoms with Gasteiger partial charge in [0.15, 0.2) is 0 Å². The topological polar surface area (TPSA) is 93.5 Å². The molecule has 6 nitrogen and oxygen atoms in total. The number of carbonyl (C=O) groups excluding carboxylic acids is 2. The normalized spacial score (nSPS) is 13.3. The van der Waals surface area contributed by atoms with Crippen LogP contribution in [0, 0.1) is 5.92 Å². The van der Waals surface area contributed by atoms with Gasteiger partial charge in [0.05, 0.1) is 19.1 Å². The lowest BCUT2D eigenvalue weighted by molar-refractivity contribution is -0.127. The molecule has 0 aromatic heterocycles.